The monoisotopic (exact) mass is 510 g/mol. The number of nitrogens with zero attached hydrogens (tertiary/aromatic N) is 4. The van der Waals surface area contributed by atoms with Gasteiger partial charge in [0.15, 0.2) is 0 Å². The van der Waals surface area contributed by atoms with Gasteiger partial charge < -0.3 is 15.0 Å². The van der Waals surface area contributed by atoms with E-state index in [4.69, 9.17) is 4.74 Å². The molecule has 0 atom stereocenters. The summed E-state index contributed by atoms with van der Waals surface area (Å²) in [7, 11) is 1.53. The zero-order valence-electron chi connectivity index (χ0n) is 20.8. The van der Waals surface area contributed by atoms with Crippen LogP contribution in [-0.4, -0.2) is 52.4 Å². The molecule has 0 bridgehead atoms. The van der Waals surface area contributed by atoms with E-state index >= 15 is 0 Å². The number of nitrogens with one attached hydrogen (secondary N) is 2. The summed E-state index contributed by atoms with van der Waals surface area (Å²) in [5, 5.41) is 8.35. The standard InChI is InChI=1S/C26H31FN6O2S/c1-26(2,16-32-11-5-12-32)33-13-9-23(30-33)36-31-25(34)29-24-19-7-4-6-18(19)21(27)15-20(24)17-8-10-28-22(14-17)35-3/h8-10,13-15H,4-7,11-12,16H2,1-3H3,(H2,29,31,34). The third-order valence-electron chi connectivity index (χ3n) is 6.83. The van der Waals surface area contributed by atoms with Crippen molar-refractivity contribution in [3.05, 3.63) is 53.6 Å². The van der Waals surface area contributed by atoms with Crippen LogP contribution in [0.1, 0.15) is 37.8 Å². The van der Waals surface area contributed by atoms with Gasteiger partial charge in [0.1, 0.15) is 10.8 Å². The van der Waals surface area contributed by atoms with Crippen LogP contribution in [0.3, 0.4) is 0 Å². The molecule has 3 heterocycles. The first-order chi connectivity index (χ1) is 17.3. The van der Waals surface area contributed by atoms with Gasteiger partial charge in [-0.1, -0.05) is 0 Å². The maximum atomic E-state index is 14.9. The summed E-state index contributed by atoms with van der Waals surface area (Å²) in [4.78, 5) is 19.5. The SMILES string of the molecule is COc1cc(-c2cc(F)c3c(c2NC(=O)NSc2ccn(C(C)(C)CN4CCC4)n2)CCC3)ccn1. The Hall–Kier alpha value is -3.11. The van der Waals surface area contributed by atoms with Gasteiger partial charge in [-0.2, -0.15) is 5.10 Å². The lowest BCUT2D eigenvalue weighted by Gasteiger charge is -2.38. The van der Waals surface area contributed by atoms with Crippen LogP contribution >= 0.6 is 11.9 Å². The summed E-state index contributed by atoms with van der Waals surface area (Å²) in [6.45, 7) is 7.53. The van der Waals surface area contributed by atoms with Crippen molar-refractivity contribution in [1.82, 2.24) is 24.4 Å². The number of anilines is 1. The predicted octanol–water partition coefficient (Wildman–Crippen LogP) is 4.85. The van der Waals surface area contributed by atoms with Crippen molar-refractivity contribution in [2.45, 2.75) is 50.1 Å². The maximum absolute atomic E-state index is 14.9. The normalized spacial score (nSPS) is 15.3. The topological polar surface area (TPSA) is 84.3 Å². The van der Waals surface area contributed by atoms with Crippen molar-refractivity contribution in [2.24, 2.45) is 0 Å². The summed E-state index contributed by atoms with van der Waals surface area (Å²) < 4.78 is 24.9. The molecule has 1 saturated heterocycles. The molecular formula is C26H31FN6O2S. The lowest BCUT2D eigenvalue weighted by molar-refractivity contribution is 0.112. The Labute approximate surface area is 214 Å². The van der Waals surface area contributed by atoms with Gasteiger partial charge in [-0.05, 0) is 87.5 Å². The Morgan fingerprint density at radius 1 is 1.19 bits per heavy atom. The summed E-state index contributed by atoms with van der Waals surface area (Å²) >= 11 is 1.16. The molecule has 3 aromatic rings. The second-order valence-corrected chi connectivity index (χ2v) is 10.7. The largest absolute Gasteiger partial charge is 0.481 e. The van der Waals surface area contributed by atoms with Crippen LogP contribution in [0.2, 0.25) is 0 Å². The minimum Gasteiger partial charge on any atom is -0.481 e. The highest BCUT2D eigenvalue weighted by Gasteiger charge is 2.28. The number of benzene rings is 1. The molecule has 190 valence electrons. The molecule has 2 aliphatic rings. The smallest absolute Gasteiger partial charge is 0.329 e. The molecule has 1 aromatic carbocycles. The highest BCUT2D eigenvalue weighted by atomic mass is 32.2. The number of carbonyl (C=O) groups excluding carboxylic acids is 1. The molecular weight excluding hydrogens is 479 g/mol. The molecule has 0 unspecified atom stereocenters. The second-order valence-electron chi connectivity index (χ2n) is 9.88. The number of rotatable bonds is 8. The van der Waals surface area contributed by atoms with Crippen molar-refractivity contribution in [1.29, 1.82) is 0 Å². The summed E-state index contributed by atoms with van der Waals surface area (Å²) in [6.07, 6.45) is 7.04. The van der Waals surface area contributed by atoms with E-state index in [0.717, 1.165) is 49.1 Å². The zero-order valence-corrected chi connectivity index (χ0v) is 21.6. The van der Waals surface area contributed by atoms with Gasteiger partial charge >= 0.3 is 6.03 Å². The van der Waals surface area contributed by atoms with Gasteiger partial charge in [-0.3, -0.25) is 9.40 Å². The molecule has 0 radical (unpaired) electrons. The van der Waals surface area contributed by atoms with Gasteiger partial charge in [-0.15, -0.1) is 0 Å². The van der Waals surface area contributed by atoms with Crippen LogP contribution in [0.25, 0.3) is 11.1 Å². The van der Waals surface area contributed by atoms with Crippen molar-refractivity contribution < 1.29 is 13.9 Å². The number of amides is 2. The number of hydrogen-bond acceptors (Lipinski definition) is 6. The number of halogens is 1. The molecule has 10 heteroatoms. The van der Waals surface area contributed by atoms with Crippen molar-refractivity contribution in [2.75, 3.05) is 32.1 Å². The fraction of sp³-hybridized carbons (Fsp3) is 0.423. The molecule has 1 fully saturated rings. The van der Waals surface area contributed by atoms with Crippen molar-refractivity contribution in [3.8, 4) is 17.0 Å². The Bertz CT molecular complexity index is 1270. The first-order valence-corrected chi connectivity index (χ1v) is 13.0. The molecule has 1 aliphatic carbocycles. The van der Waals surface area contributed by atoms with E-state index in [1.54, 1.807) is 18.3 Å². The molecule has 1 aliphatic heterocycles. The molecule has 36 heavy (non-hydrogen) atoms. The van der Waals surface area contributed by atoms with E-state index in [2.05, 4.69) is 38.9 Å². The third kappa shape index (κ3) is 5.05. The number of pyridine rings is 1. The van der Waals surface area contributed by atoms with E-state index in [1.807, 2.05) is 16.9 Å². The number of carbonyl (C=O) groups is 1. The molecule has 0 saturated carbocycles. The third-order valence-corrected chi connectivity index (χ3v) is 7.55. The molecule has 8 nitrogen and oxygen atoms in total. The highest BCUT2D eigenvalue weighted by Crippen LogP contribution is 2.39. The van der Waals surface area contributed by atoms with Gasteiger partial charge in [0, 0.05) is 42.5 Å². The number of aromatic nitrogens is 3. The van der Waals surface area contributed by atoms with Crippen LogP contribution in [0.15, 0.2) is 41.7 Å². The van der Waals surface area contributed by atoms with E-state index in [9.17, 15) is 9.18 Å². The van der Waals surface area contributed by atoms with E-state index in [0.29, 0.717) is 40.6 Å². The Morgan fingerprint density at radius 3 is 2.75 bits per heavy atom. The summed E-state index contributed by atoms with van der Waals surface area (Å²) in [5.41, 5.74) is 3.32. The van der Waals surface area contributed by atoms with Crippen LogP contribution in [0.5, 0.6) is 5.88 Å². The van der Waals surface area contributed by atoms with E-state index < -0.39 is 6.03 Å². The zero-order chi connectivity index (χ0) is 25.3. The van der Waals surface area contributed by atoms with Gasteiger partial charge in [0.05, 0.1) is 18.3 Å². The number of urea groups is 1. The fourth-order valence-corrected chi connectivity index (χ4v) is 5.39. The molecule has 0 spiro atoms. The number of fused-ring (bicyclic) bond motifs is 1. The van der Waals surface area contributed by atoms with Gasteiger partial charge in [-0.25, -0.2) is 14.2 Å². The predicted molar refractivity (Wildman–Crippen MR) is 139 cm³/mol. The number of likely N-dealkylation sites (tertiary alicyclic amines) is 1. The second kappa shape index (κ2) is 10.1. The number of methoxy groups -OCH3 is 1. The Morgan fingerprint density at radius 2 is 2.00 bits per heavy atom. The van der Waals surface area contributed by atoms with Crippen LogP contribution < -0.4 is 14.8 Å². The lowest BCUT2D eigenvalue weighted by Crippen LogP contribution is -2.47. The molecule has 2 N–H and O–H groups in total. The fourth-order valence-electron chi connectivity index (χ4n) is 4.89. The molecule has 2 aromatic heterocycles. The highest BCUT2D eigenvalue weighted by molar-refractivity contribution is 7.97. The molecule has 5 rings (SSSR count). The summed E-state index contributed by atoms with van der Waals surface area (Å²) in [5.74, 6) is 0.173. The van der Waals surface area contributed by atoms with Crippen molar-refractivity contribution >= 4 is 23.7 Å². The van der Waals surface area contributed by atoms with Crippen LogP contribution in [-0.2, 0) is 18.4 Å². The Kier molecular flexibility index (Phi) is 6.90. The minimum atomic E-state index is -0.391. The van der Waals surface area contributed by atoms with E-state index in [-0.39, 0.29) is 11.4 Å². The van der Waals surface area contributed by atoms with Gasteiger partial charge in [0.2, 0.25) is 5.88 Å². The first kappa shape index (κ1) is 24.6. The van der Waals surface area contributed by atoms with Gasteiger partial charge in [0.25, 0.3) is 0 Å². The van der Waals surface area contributed by atoms with Crippen LogP contribution in [0, 0.1) is 5.82 Å². The number of ether oxygens (including phenoxy) is 1. The minimum absolute atomic E-state index is 0.142. The first-order valence-electron chi connectivity index (χ1n) is 12.2. The average molecular weight is 511 g/mol. The lowest BCUT2D eigenvalue weighted by atomic mass is 9.97. The van der Waals surface area contributed by atoms with E-state index in [1.165, 1.54) is 19.6 Å². The average Bonchev–Trinajstić information content (AvgIpc) is 3.53. The van der Waals surface area contributed by atoms with Crippen molar-refractivity contribution in [3.63, 3.8) is 0 Å². The summed E-state index contributed by atoms with van der Waals surface area (Å²) in [6, 6.07) is 6.52. The maximum Gasteiger partial charge on any atom is 0.329 e. The van der Waals surface area contributed by atoms with Crippen LogP contribution in [0.4, 0.5) is 14.9 Å². The quantitative estimate of drug-likeness (QED) is 0.422. The Balaban J connectivity index is 1.32. The number of hydrogen-bond donors (Lipinski definition) is 2. The molecule has 2 amide bonds.